The van der Waals surface area contributed by atoms with Crippen molar-refractivity contribution < 1.29 is 9.26 Å². The van der Waals surface area contributed by atoms with Crippen LogP contribution in [0.3, 0.4) is 0 Å². The summed E-state index contributed by atoms with van der Waals surface area (Å²) in [5.41, 5.74) is 4.05. The Morgan fingerprint density at radius 3 is 2.56 bits per heavy atom. The monoisotopic (exact) mass is 362 g/mol. The van der Waals surface area contributed by atoms with Crippen LogP contribution in [-0.4, -0.2) is 33.8 Å². The summed E-state index contributed by atoms with van der Waals surface area (Å²) in [6, 6.07) is 18.2. The first-order valence-electron chi connectivity index (χ1n) is 8.85. The molecule has 0 amide bonds. The summed E-state index contributed by atoms with van der Waals surface area (Å²) in [5.74, 6) is 2.64. The van der Waals surface area contributed by atoms with Crippen LogP contribution in [0.1, 0.15) is 17.3 Å². The van der Waals surface area contributed by atoms with Gasteiger partial charge in [-0.15, -0.1) is 0 Å². The number of imidazole rings is 1. The van der Waals surface area contributed by atoms with E-state index in [-0.39, 0.29) is 0 Å². The maximum Gasteiger partial charge on any atom is 0.133 e. The van der Waals surface area contributed by atoms with Crippen molar-refractivity contribution in [3.8, 4) is 11.4 Å². The molecule has 27 heavy (non-hydrogen) atoms. The Hall–Kier alpha value is -3.12. The van der Waals surface area contributed by atoms with Crippen molar-refractivity contribution in [2.24, 2.45) is 0 Å². The first-order chi connectivity index (χ1) is 13.1. The van der Waals surface area contributed by atoms with E-state index in [1.807, 2.05) is 43.3 Å². The van der Waals surface area contributed by atoms with Crippen LogP contribution in [0.5, 0.6) is 5.75 Å². The number of aromatic nitrogens is 3. The van der Waals surface area contributed by atoms with Gasteiger partial charge in [0.25, 0.3) is 0 Å². The van der Waals surface area contributed by atoms with Crippen LogP contribution in [-0.2, 0) is 13.1 Å². The molecule has 2 aromatic carbocycles. The summed E-state index contributed by atoms with van der Waals surface area (Å²) in [6.07, 6.45) is 0. The lowest BCUT2D eigenvalue weighted by molar-refractivity contribution is 0.294. The molecule has 0 radical (unpaired) electrons. The fourth-order valence-corrected chi connectivity index (χ4v) is 3.27. The Morgan fingerprint density at radius 2 is 1.85 bits per heavy atom. The Labute approximate surface area is 158 Å². The zero-order valence-electron chi connectivity index (χ0n) is 15.7. The maximum atomic E-state index is 5.29. The van der Waals surface area contributed by atoms with Gasteiger partial charge in [0.05, 0.1) is 30.4 Å². The van der Waals surface area contributed by atoms with E-state index in [1.54, 1.807) is 7.11 Å². The number of rotatable bonds is 6. The van der Waals surface area contributed by atoms with E-state index >= 15 is 0 Å². The van der Waals surface area contributed by atoms with Crippen LogP contribution in [0.4, 0.5) is 0 Å². The van der Waals surface area contributed by atoms with Gasteiger partial charge in [-0.3, -0.25) is 9.47 Å². The zero-order chi connectivity index (χ0) is 18.8. The third kappa shape index (κ3) is 3.57. The van der Waals surface area contributed by atoms with E-state index in [9.17, 15) is 0 Å². The second-order valence-electron chi connectivity index (χ2n) is 6.65. The highest BCUT2D eigenvalue weighted by Crippen LogP contribution is 2.24. The number of nitrogens with zero attached hydrogens (tertiary/aromatic N) is 4. The van der Waals surface area contributed by atoms with E-state index in [0.717, 1.165) is 39.7 Å². The van der Waals surface area contributed by atoms with Gasteiger partial charge < -0.3 is 9.26 Å². The van der Waals surface area contributed by atoms with Gasteiger partial charge in [0.2, 0.25) is 0 Å². The number of benzene rings is 2. The minimum absolute atomic E-state index is 0.687. The molecule has 6 heteroatoms. The maximum absolute atomic E-state index is 5.29. The van der Waals surface area contributed by atoms with Gasteiger partial charge in [-0.1, -0.05) is 17.3 Å². The van der Waals surface area contributed by atoms with E-state index in [1.165, 1.54) is 0 Å². The molecule has 0 aliphatic carbocycles. The molecule has 0 aliphatic heterocycles. The largest absolute Gasteiger partial charge is 0.497 e. The van der Waals surface area contributed by atoms with Crippen LogP contribution in [0, 0.1) is 6.92 Å². The summed E-state index contributed by atoms with van der Waals surface area (Å²) in [5, 5.41) is 4.08. The molecule has 2 heterocycles. The van der Waals surface area contributed by atoms with E-state index < -0.39 is 0 Å². The Balaban J connectivity index is 1.68. The molecule has 4 rings (SSSR count). The fraction of sp³-hybridized carbons (Fsp3) is 0.238. The average molecular weight is 362 g/mol. The number of aryl methyl sites for hydroxylation is 1. The number of para-hydroxylation sites is 2. The van der Waals surface area contributed by atoms with Gasteiger partial charge in [-0.05, 0) is 50.4 Å². The second kappa shape index (κ2) is 7.25. The number of fused-ring (bicyclic) bond motifs is 1. The van der Waals surface area contributed by atoms with Gasteiger partial charge in [-0.2, -0.15) is 0 Å². The van der Waals surface area contributed by atoms with Gasteiger partial charge in [0, 0.05) is 18.3 Å². The molecule has 0 fully saturated rings. The van der Waals surface area contributed by atoms with Crippen LogP contribution in [0.15, 0.2) is 59.1 Å². The number of hydrogen-bond acceptors (Lipinski definition) is 5. The van der Waals surface area contributed by atoms with Gasteiger partial charge >= 0.3 is 0 Å². The highest BCUT2D eigenvalue weighted by molar-refractivity contribution is 5.78. The normalized spacial score (nSPS) is 11.4. The molecule has 138 valence electrons. The zero-order valence-corrected chi connectivity index (χ0v) is 15.7. The van der Waals surface area contributed by atoms with Crippen molar-refractivity contribution in [1.82, 2.24) is 19.6 Å². The molecule has 0 spiro atoms. The summed E-state index contributed by atoms with van der Waals surface area (Å²) in [4.78, 5) is 7.04. The van der Waals surface area contributed by atoms with Crippen molar-refractivity contribution >= 4 is 11.0 Å². The minimum atomic E-state index is 0.687. The first kappa shape index (κ1) is 17.3. The highest BCUT2D eigenvalue weighted by Gasteiger charge is 2.15. The molecule has 6 nitrogen and oxygen atoms in total. The SMILES string of the molecule is COc1ccc(-n2c(CN(C)Cc3cc(C)on3)nc3ccccc32)cc1. The van der Waals surface area contributed by atoms with Gasteiger partial charge in [0.1, 0.15) is 17.3 Å². The first-order valence-corrected chi connectivity index (χ1v) is 8.85. The summed E-state index contributed by atoms with van der Waals surface area (Å²) in [7, 11) is 3.73. The summed E-state index contributed by atoms with van der Waals surface area (Å²) >= 11 is 0. The average Bonchev–Trinajstić information content (AvgIpc) is 3.24. The van der Waals surface area contributed by atoms with E-state index in [2.05, 4.69) is 39.9 Å². The van der Waals surface area contributed by atoms with Crippen LogP contribution in [0.2, 0.25) is 0 Å². The van der Waals surface area contributed by atoms with Crippen molar-refractivity contribution in [2.75, 3.05) is 14.2 Å². The molecule has 0 saturated carbocycles. The molecule has 0 N–H and O–H groups in total. The molecule has 0 unspecified atom stereocenters. The lowest BCUT2D eigenvalue weighted by atomic mass is 10.2. The molecule has 0 saturated heterocycles. The van der Waals surface area contributed by atoms with E-state index in [0.29, 0.717) is 13.1 Å². The standard InChI is InChI=1S/C21H22N4O2/c1-15-12-16(23-27-15)13-24(2)14-21-22-19-6-4-5-7-20(19)25(21)17-8-10-18(26-3)11-9-17/h4-12H,13-14H2,1-3H3. The number of ether oxygens (including phenoxy) is 1. The third-order valence-corrected chi connectivity index (χ3v) is 4.48. The predicted molar refractivity (Wildman–Crippen MR) is 104 cm³/mol. The molecule has 0 bridgehead atoms. The predicted octanol–water partition coefficient (Wildman–Crippen LogP) is 3.96. The minimum Gasteiger partial charge on any atom is -0.497 e. The van der Waals surface area contributed by atoms with Crippen molar-refractivity contribution in [3.63, 3.8) is 0 Å². The number of hydrogen-bond donors (Lipinski definition) is 0. The highest BCUT2D eigenvalue weighted by atomic mass is 16.5. The molecule has 2 aromatic heterocycles. The van der Waals surface area contributed by atoms with Gasteiger partial charge in [-0.25, -0.2) is 4.98 Å². The van der Waals surface area contributed by atoms with Crippen LogP contribution >= 0.6 is 0 Å². The molecule has 0 atom stereocenters. The number of methoxy groups -OCH3 is 1. The molecular weight excluding hydrogens is 340 g/mol. The smallest absolute Gasteiger partial charge is 0.133 e. The van der Waals surface area contributed by atoms with E-state index in [4.69, 9.17) is 14.2 Å². The molecular formula is C21H22N4O2. The molecule has 4 aromatic rings. The Bertz CT molecular complexity index is 1050. The molecule has 0 aliphatic rings. The van der Waals surface area contributed by atoms with Crippen LogP contribution in [0.25, 0.3) is 16.7 Å². The van der Waals surface area contributed by atoms with Crippen molar-refractivity contribution in [1.29, 1.82) is 0 Å². The fourth-order valence-electron chi connectivity index (χ4n) is 3.27. The lowest BCUT2D eigenvalue weighted by Crippen LogP contribution is -2.20. The quantitative estimate of drug-likeness (QED) is 0.520. The lowest BCUT2D eigenvalue weighted by Gasteiger charge is -2.16. The summed E-state index contributed by atoms with van der Waals surface area (Å²) < 4.78 is 12.7. The van der Waals surface area contributed by atoms with Crippen LogP contribution < -0.4 is 4.74 Å². The van der Waals surface area contributed by atoms with Crippen molar-refractivity contribution in [3.05, 3.63) is 71.9 Å². The second-order valence-corrected chi connectivity index (χ2v) is 6.65. The Morgan fingerprint density at radius 1 is 1.07 bits per heavy atom. The summed E-state index contributed by atoms with van der Waals surface area (Å²) in [6.45, 7) is 3.29. The Kier molecular flexibility index (Phi) is 4.64. The van der Waals surface area contributed by atoms with Crippen molar-refractivity contribution in [2.45, 2.75) is 20.0 Å². The van der Waals surface area contributed by atoms with Gasteiger partial charge in [0.15, 0.2) is 0 Å². The third-order valence-electron chi connectivity index (χ3n) is 4.48. The topological polar surface area (TPSA) is 56.3 Å².